The largest absolute Gasteiger partial charge is 0.352 e. The van der Waals surface area contributed by atoms with Gasteiger partial charge in [-0.2, -0.15) is 0 Å². The minimum atomic E-state index is -3.52. The standard InChI is InChI=1S/C21H30N2O3S/c24-21(22-16-15-17-7-3-1-4-8-17)18-11-13-20(14-12-18)27(25,26)23-19-9-5-2-6-10-19/h7,11-14,19,23H,1-6,8-10,15-16H2,(H,22,24). The average molecular weight is 391 g/mol. The third kappa shape index (κ3) is 5.91. The van der Waals surface area contributed by atoms with Gasteiger partial charge in [-0.3, -0.25) is 4.79 Å². The maximum Gasteiger partial charge on any atom is 0.251 e. The van der Waals surface area contributed by atoms with Crippen molar-refractivity contribution in [3.8, 4) is 0 Å². The third-order valence-corrected chi connectivity index (χ3v) is 7.01. The van der Waals surface area contributed by atoms with E-state index < -0.39 is 10.0 Å². The number of carbonyl (C=O) groups is 1. The van der Waals surface area contributed by atoms with Crippen LogP contribution in [0.2, 0.25) is 0 Å². The predicted octanol–water partition coefficient (Wildman–Crippen LogP) is 3.92. The fourth-order valence-corrected chi connectivity index (χ4v) is 5.17. The van der Waals surface area contributed by atoms with Crippen LogP contribution in [0.25, 0.3) is 0 Å². The van der Waals surface area contributed by atoms with Gasteiger partial charge >= 0.3 is 0 Å². The van der Waals surface area contributed by atoms with E-state index in [-0.39, 0.29) is 16.8 Å². The Morgan fingerprint density at radius 3 is 2.41 bits per heavy atom. The summed E-state index contributed by atoms with van der Waals surface area (Å²) in [7, 11) is -3.52. The van der Waals surface area contributed by atoms with Gasteiger partial charge in [0.1, 0.15) is 0 Å². The van der Waals surface area contributed by atoms with Crippen LogP contribution in [-0.2, 0) is 10.0 Å². The molecule has 27 heavy (non-hydrogen) atoms. The van der Waals surface area contributed by atoms with E-state index in [0.717, 1.165) is 44.9 Å². The van der Waals surface area contributed by atoms with Crippen molar-refractivity contribution in [1.29, 1.82) is 0 Å². The summed E-state index contributed by atoms with van der Waals surface area (Å²) in [5, 5.41) is 2.93. The summed E-state index contributed by atoms with van der Waals surface area (Å²) in [5.74, 6) is -0.157. The van der Waals surface area contributed by atoms with Crippen LogP contribution in [0.3, 0.4) is 0 Å². The molecule has 6 heteroatoms. The molecule has 0 atom stereocenters. The Morgan fingerprint density at radius 1 is 1.00 bits per heavy atom. The number of nitrogens with one attached hydrogen (secondary N) is 2. The molecule has 0 heterocycles. The highest BCUT2D eigenvalue weighted by Gasteiger charge is 2.22. The SMILES string of the molecule is O=C(NCCC1=CCCCC1)c1ccc(S(=O)(=O)NC2CCCCC2)cc1. The van der Waals surface area contributed by atoms with E-state index in [0.29, 0.717) is 12.1 Å². The van der Waals surface area contributed by atoms with E-state index >= 15 is 0 Å². The van der Waals surface area contributed by atoms with Crippen molar-refractivity contribution in [3.05, 3.63) is 41.5 Å². The van der Waals surface area contributed by atoms with E-state index in [1.165, 1.54) is 37.0 Å². The molecule has 0 radical (unpaired) electrons. The van der Waals surface area contributed by atoms with Gasteiger partial charge < -0.3 is 5.32 Å². The molecule has 1 aromatic carbocycles. The first-order valence-electron chi connectivity index (χ1n) is 10.1. The van der Waals surface area contributed by atoms with Gasteiger partial charge in [-0.1, -0.05) is 30.9 Å². The van der Waals surface area contributed by atoms with Crippen LogP contribution in [0, 0.1) is 0 Å². The van der Waals surface area contributed by atoms with E-state index in [9.17, 15) is 13.2 Å². The van der Waals surface area contributed by atoms with E-state index in [2.05, 4.69) is 16.1 Å². The first kappa shape index (κ1) is 20.1. The lowest BCUT2D eigenvalue weighted by molar-refractivity contribution is 0.0954. The number of hydrogen-bond donors (Lipinski definition) is 2. The summed E-state index contributed by atoms with van der Waals surface area (Å²) < 4.78 is 27.8. The topological polar surface area (TPSA) is 75.3 Å². The highest BCUT2D eigenvalue weighted by atomic mass is 32.2. The molecule has 0 spiro atoms. The Balaban J connectivity index is 1.52. The molecule has 0 bridgehead atoms. The second-order valence-electron chi connectivity index (χ2n) is 7.59. The van der Waals surface area contributed by atoms with Crippen LogP contribution in [0.4, 0.5) is 0 Å². The number of amides is 1. The van der Waals surface area contributed by atoms with Crippen molar-refractivity contribution >= 4 is 15.9 Å². The summed E-state index contributed by atoms with van der Waals surface area (Å²) in [6, 6.07) is 6.24. The highest BCUT2D eigenvalue weighted by Crippen LogP contribution is 2.21. The fraction of sp³-hybridized carbons (Fsp3) is 0.571. The second kappa shape index (κ2) is 9.51. The summed E-state index contributed by atoms with van der Waals surface area (Å²) in [6.07, 6.45) is 13.1. The zero-order chi connectivity index (χ0) is 19.1. The molecule has 3 rings (SSSR count). The molecular weight excluding hydrogens is 360 g/mol. The Hall–Kier alpha value is -1.66. The van der Waals surface area contributed by atoms with Gasteiger partial charge in [-0.15, -0.1) is 0 Å². The number of carbonyl (C=O) groups excluding carboxylic acids is 1. The molecule has 0 saturated heterocycles. The van der Waals surface area contributed by atoms with Gasteiger partial charge in [-0.05, 0) is 69.2 Å². The molecule has 1 fully saturated rings. The maximum atomic E-state index is 12.5. The van der Waals surface area contributed by atoms with Gasteiger partial charge in [0.15, 0.2) is 0 Å². The number of benzene rings is 1. The second-order valence-corrected chi connectivity index (χ2v) is 9.31. The number of allylic oxidation sites excluding steroid dienone is 1. The Bertz CT molecular complexity index is 763. The number of sulfonamides is 1. The summed E-state index contributed by atoms with van der Waals surface area (Å²) in [4.78, 5) is 12.5. The Morgan fingerprint density at radius 2 is 1.74 bits per heavy atom. The van der Waals surface area contributed by atoms with Gasteiger partial charge in [-0.25, -0.2) is 13.1 Å². The monoisotopic (exact) mass is 390 g/mol. The molecule has 5 nitrogen and oxygen atoms in total. The molecule has 0 aromatic heterocycles. The Kier molecular flexibility index (Phi) is 7.07. The molecule has 1 saturated carbocycles. The van der Waals surface area contributed by atoms with Crippen molar-refractivity contribution < 1.29 is 13.2 Å². The molecule has 1 amide bonds. The van der Waals surface area contributed by atoms with Crippen LogP contribution < -0.4 is 10.0 Å². The molecular formula is C21H30N2O3S. The lowest BCUT2D eigenvalue weighted by Gasteiger charge is -2.22. The zero-order valence-electron chi connectivity index (χ0n) is 15.9. The van der Waals surface area contributed by atoms with Crippen molar-refractivity contribution in [2.24, 2.45) is 0 Å². The molecule has 2 aliphatic carbocycles. The molecule has 1 aromatic rings. The predicted molar refractivity (Wildman–Crippen MR) is 107 cm³/mol. The smallest absolute Gasteiger partial charge is 0.251 e. The van der Waals surface area contributed by atoms with Crippen molar-refractivity contribution in [2.75, 3.05) is 6.54 Å². The third-order valence-electron chi connectivity index (χ3n) is 5.47. The minimum absolute atomic E-state index is 0.0285. The lowest BCUT2D eigenvalue weighted by Crippen LogP contribution is -2.36. The van der Waals surface area contributed by atoms with Gasteiger partial charge in [0.2, 0.25) is 10.0 Å². The van der Waals surface area contributed by atoms with Crippen LogP contribution in [0.15, 0.2) is 40.8 Å². The number of rotatable bonds is 7. The molecule has 148 valence electrons. The molecule has 2 aliphatic rings. The average Bonchev–Trinajstić information content (AvgIpc) is 2.69. The fourth-order valence-electron chi connectivity index (χ4n) is 3.86. The van der Waals surface area contributed by atoms with Crippen LogP contribution in [-0.4, -0.2) is 26.9 Å². The first-order valence-corrected chi connectivity index (χ1v) is 11.6. The quantitative estimate of drug-likeness (QED) is 0.693. The van der Waals surface area contributed by atoms with Crippen molar-refractivity contribution in [2.45, 2.75) is 75.1 Å². The molecule has 0 aliphatic heterocycles. The molecule has 0 unspecified atom stereocenters. The van der Waals surface area contributed by atoms with Gasteiger partial charge in [0.05, 0.1) is 4.90 Å². The maximum absolute atomic E-state index is 12.5. The van der Waals surface area contributed by atoms with Crippen LogP contribution in [0.5, 0.6) is 0 Å². The highest BCUT2D eigenvalue weighted by molar-refractivity contribution is 7.89. The normalized spacial score (nSPS) is 18.7. The summed E-state index contributed by atoms with van der Waals surface area (Å²) in [6.45, 7) is 0.619. The van der Waals surface area contributed by atoms with Crippen molar-refractivity contribution in [3.63, 3.8) is 0 Å². The van der Waals surface area contributed by atoms with Crippen LogP contribution >= 0.6 is 0 Å². The molecule has 2 N–H and O–H groups in total. The van der Waals surface area contributed by atoms with E-state index in [1.54, 1.807) is 12.1 Å². The van der Waals surface area contributed by atoms with E-state index in [1.807, 2.05) is 0 Å². The first-order chi connectivity index (χ1) is 13.0. The number of hydrogen-bond acceptors (Lipinski definition) is 3. The van der Waals surface area contributed by atoms with Gasteiger partial charge in [0, 0.05) is 18.2 Å². The summed E-state index contributed by atoms with van der Waals surface area (Å²) in [5.41, 5.74) is 1.92. The lowest BCUT2D eigenvalue weighted by atomic mass is 9.96. The van der Waals surface area contributed by atoms with Crippen molar-refractivity contribution in [1.82, 2.24) is 10.0 Å². The van der Waals surface area contributed by atoms with Gasteiger partial charge in [0.25, 0.3) is 5.91 Å². The Labute approximate surface area is 162 Å². The van der Waals surface area contributed by atoms with E-state index in [4.69, 9.17) is 0 Å². The van der Waals surface area contributed by atoms with Crippen LogP contribution in [0.1, 0.15) is 74.6 Å². The summed E-state index contributed by atoms with van der Waals surface area (Å²) >= 11 is 0. The minimum Gasteiger partial charge on any atom is -0.352 e. The zero-order valence-corrected chi connectivity index (χ0v) is 16.7.